The van der Waals surface area contributed by atoms with E-state index in [0.29, 0.717) is 0 Å². The monoisotopic (exact) mass is 247 g/mol. The van der Waals surface area contributed by atoms with E-state index >= 15 is 0 Å². The fraction of sp³-hybridized carbons (Fsp3) is 0.909. The number of hydrogen-bond donors (Lipinski definition) is 1. The smallest absolute Gasteiger partial charge is 0.251 e. The van der Waals surface area contributed by atoms with Gasteiger partial charge in [0.25, 0.3) is 5.91 Å². The van der Waals surface area contributed by atoms with Crippen molar-refractivity contribution in [2.75, 3.05) is 13.8 Å². The highest BCUT2D eigenvalue weighted by Crippen LogP contribution is 2.37. The largest absolute Gasteiger partial charge is 0.405 e. The summed E-state index contributed by atoms with van der Waals surface area (Å²) in [5.41, 5.74) is 0. The van der Waals surface area contributed by atoms with Crippen LogP contribution in [-0.4, -0.2) is 44.1 Å². The molecule has 1 atom stereocenters. The minimum atomic E-state index is -1.92. The van der Waals surface area contributed by atoms with E-state index in [1.807, 2.05) is 0 Å². The molecule has 0 saturated carbocycles. The van der Waals surface area contributed by atoms with Crippen LogP contribution in [0.2, 0.25) is 18.1 Å². The van der Waals surface area contributed by atoms with E-state index in [1.54, 1.807) is 14.0 Å². The Balaban J connectivity index is 4.57. The van der Waals surface area contributed by atoms with Crippen LogP contribution in [0.25, 0.3) is 0 Å². The third-order valence-electron chi connectivity index (χ3n) is 3.21. The first-order chi connectivity index (χ1) is 7.03. The van der Waals surface area contributed by atoms with Crippen LogP contribution in [0.5, 0.6) is 0 Å². The van der Waals surface area contributed by atoms with Crippen molar-refractivity contribution in [3.8, 4) is 0 Å². The highest BCUT2D eigenvalue weighted by molar-refractivity contribution is 6.74. The number of hydrogen-bond acceptors (Lipinski definition) is 3. The summed E-state index contributed by atoms with van der Waals surface area (Å²) in [5, 5.41) is 8.96. The minimum absolute atomic E-state index is 0.0827. The zero-order valence-electron chi connectivity index (χ0n) is 11.5. The van der Waals surface area contributed by atoms with E-state index in [1.165, 1.54) is 4.90 Å². The fourth-order valence-electron chi connectivity index (χ4n) is 1.05. The zero-order chi connectivity index (χ0) is 13.1. The van der Waals surface area contributed by atoms with Crippen LogP contribution < -0.4 is 0 Å². The Morgan fingerprint density at radius 1 is 1.44 bits per heavy atom. The maximum Gasteiger partial charge on any atom is 0.251 e. The van der Waals surface area contributed by atoms with Crippen LogP contribution >= 0.6 is 0 Å². The SMILES string of the molecule is C[C@@H](O[Si](C)(C)C(C)(C)C)C(=O)N(C)CO. The highest BCUT2D eigenvalue weighted by atomic mass is 28.4. The molecule has 0 aromatic heterocycles. The summed E-state index contributed by atoms with van der Waals surface area (Å²) in [7, 11) is -0.355. The normalized spacial score (nSPS) is 14.8. The van der Waals surface area contributed by atoms with E-state index in [9.17, 15) is 4.79 Å². The molecule has 5 heteroatoms. The number of nitrogens with zero attached hydrogens (tertiary/aromatic N) is 1. The zero-order valence-corrected chi connectivity index (χ0v) is 12.5. The molecule has 1 N–H and O–H groups in total. The molecule has 0 bridgehead atoms. The van der Waals surface area contributed by atoms with Crippen molar-refractivity contribution in [2.24, 2.45) is 0 Å². The summed E-state index contributed by atoms with van der Waals surface area (Å²) in [6.45, 7) is 12.1. The molecule has 0 radical (unpaired) electrons. The minimum Gasteiger partial charge on any atom is -0.405 e. The molecule has 0 rings (SSSR count). The summed E-state index contributed by atoms with van der Waals surface area (Å²) in [5.74, 6) is -0.174. The molecule has 0 unspecified atom stereocenters. The van der Waals surface area contributed by atoms with Gasteiger partial charge in [-0.1, -0.05) is 20.8 Å². The Bertz CT molecular complexity index is 248. The lowest BCUT2D eigenvalue weighted by atomic mass is 10.2. The van der Waals surface area contributed by atoms with Crippen LogP contribution in [0.4, 0.5) is 0 Å². The summed E-state index contributed by atoms with van der Waals surface area (Å²) in [6, 6.07) is 0. The van der Waals surface area contributed by atoms with Crippen molar-refractivity contribution in [3.05, 3.63) is 0 Å². The second-order valence-electron chi connectivity index (χ2n) is 5.70. The molecule has 0 heterocycles. The van der Waals surface area contributed by atoms with Crippen LogP contribution in [0, 0.1) is 0 Å². The Morgan fingerprint density at radius 2 is 1.88 bits per heavy atom. The predicted molar refractivity (Wildman–Crippen MR) is 67.6 cm³/mol. The standard InChI is InChI=1S/C11H25NO3Si/c1-9(10(14)12(5)8-13)15-16(6,7)11(2,3)4/h9,13H,8H2,1-7H3/t9-/m1/s1. The number of aliphatic hydroxyl groups excluding tert-OH is 1. The fourth-order valence-corrected chi connectivity index (χ4v) is 2.39. The molecule has 4 nitrogen and oxygen atoms in total. The van der Waals surface area contributed by atoms with Gasteiger partial charge in [-0.05, 0) is 25.1 Å². The summed E-state index contributed by atoms with van der Waals surface area (Å²) < 4.78 is 5.92. The van der Waals surface area contributed by atoms with Crippen LogP contribution in [0.3, 0.4) is 0 Å². The van der Waals surface area contributed by atoms with Gasteiger partial charge in [-0.3, -0.25) is 4.79 Å². The Hall–Kier alpha value is -0.393. The average Bonchev–Trinajstić information content (AvgIpc) is 2.12. The Labute approximate surface area is 99.7 Å². The van der Waals surface area contributed by atoms with Gasteiger partial charge in [-0.2, -0.15) is 0 Å². The van der Waals surface area contributed by atoms with Crippen LogP contribution in [-0.2, 0) is 9.22 Å². The number of rotatable bonds is 4. The highest BCUT2D eigenvalue weighted by Gasteiger charge is 2.39. The predicted octanol–water partition coefficient (Wildman–Crippen LogP) is 1.80. The lowest BCUT2D eigenvalue weighted by Crippen LogP contribution is -2.48. The van der Waals surface area contributed by atoms with Gasteiger partial charge in [0, 0.05) is 7.05 Å². The molecule has 0 aromatic carbocycles. The van der Waals surface area contributed by atoms with Crippen molar-refractivity contribution in [2.45, 2.75) is 51.9 Å². The van der Waals surface area contributed by atoms with E-state index in [4.69, 9.17) is 9.53 Å². The van der Waals surface area contributed by atoms with Gasteiger partial charge in [0.1, 0.15) is 12.8 Å². The van der Waals surface area contributed by atoms with Gasteiger partial charge >= 0.3 is 0 Å². The first-order valence-corrected chi connectivity index (χ1v) is 8.47. The molecule has 0 fully saturated rings. The lowest BCUT2D eigenvalue weighted by Gasteiger charge is -2.38. The molecule has 1 amide bonds. The molecule has 0 aromatic rings. The number of carbonyl (C=O) groups is 1. The average molecular weight is 247 g/mol. The molecule has 0 aliphatic carbocycles. The maximum atomic E-state index is 11.7. The van der Waals surface area contributed by atoms with Crippen molar-refractivity contribution in [1.29, 1.82) is 0 Å². The molecule has 0 spiro atoms. The van der Waals surface area contributed by atoms with Crippen molar-refractivity contribution in [3.63, 3.8) is 0 Å². The third-order valence-corrected chi connectivity index (χ3v) is 7.77. The second-order valence-corrected chi connectivity index (χ2v) is 10.5. The first-order valence-electron chi connectivity index (χ1n) is 5.56. The molecule has 0 aliphatic rings. The van der Waals surface area contributed by atoms with Gasteiger partial charge in [-0.25, -0.2) is 0 Å². The van der Waals surface area contributed by atoms with Gasteiger partial charge < -0.3 is 14.4 Å². The number of aliphatic hydroxyl groups is 1. The van der Waals surface area contributed by atoms with Crippen LogP contribution in [0.15, 0.2) is 0 Å². The van der Waals surface area contributed by atoms with Gasteiger partial charge in [-0.15, -0.1) is 0 Å². The van der Waals surface area contributed by atoms with Gasteiger partial charge in [0.15, 0.2) is 8.32 Å². The molecule has 0 saturated heterocycles. The summed E-state index contributed by atoms with van der Waals surface area (Å²) in [4.78, 5) is 13.0. The first kappa shape index (κ1) is 15.6. The van der Waals surface area contributed by atoms with Crippen LogP contribution in [0.1, 0.15) is 27.7 Å². The Kier molecular flexibility index (Phi) is 5.16. The van der Waals surface area contributed by atoms with Crippen molar-refractivity contribution >= 4 is 14.2 Å². The molecule has 16 heavy (non-hydrogen) atoms. The lowest BCUT2D eigenvalue weighted by molar-refractivity contribution is -0.140. The summed E-state index contributed by atoms with van der Waals surface area (Å²) >= 11 is 0. The van der Waals surface area contributed by atoms with E-state index in [0.717, 1.165) is 0 Å². The van der Waals surface area contributed by atoms with Gasteiger partial charge in [0.2, 0.25) is 0 Å². The number of likely N-dealkylation sites (N-methyl/N-ethyl adjacent to an activating group) is 1. The molecule has 0 aliphatic heterocycles. The molecular weight excluding hydrogens is 222 g/mol. The van der Waals surface area contributed by atoms with E-state index in [2.05, 4.69) is 33.9 Å². The van der Waals surface area contributed by atoms with Crippen molar-refractivity contribution in [1.82, 2.24) is 4.90 Å². The number of carbonyl (C=O) groups excluding carboxylic acids is 1. The molecular formula is C11H25NO3Si. The van der Waals surface area contributed by atoms with E-state index < -0.39 is 14.4 Å². The second kappa shape index (κ2) is 5.29. The number of amides is 1. The van der Waals surface area contributed by atoms with Gasteiger partial charge in [0.05, 0.1) is 0 Å². The maximum absolute atomic E-state index is 11.7. The Morgan fingerprint density at radius 3 is 2.19 bits per heavy atom. The topological polar surface area (TPSA) is 49.8 Å². The third kappa shape index (κ3) is 3.88. The van der Waals surface area contributed by atoms with E-state index in [-0.39, 0.29) is 17.7 Å². The quantitative estimate of drug-likeness (QED) is 0.609. The summed E-state index contributed by atoms with van der Waals surface area (Å²) in [6.07, 6.45) is -0.488. The van der Waals surface area contributed by atoms with Crippen molar-refractivity contribution < 1.29 is 14.3 Å². The molecule has 96 valence electrons.